The molecule has 0 fully saturated rings. The van der Waals surface area contributed by atoms with Gasteiger partial charge in [0.15, 0.2) is 0 Å². The number of aromatic nitrogens is 3. The number of benzene rings is 1. The summed E-state index contributed by atoms with van der Waals surface area (Å²) in [6, 6.07) is 3.77. The lowest BCUT2D eigenvalue weighted by molar-refractivity contribution is 0.589. The molecule has 3 rings (SSSR count). The Labute approximate surface area is 100 Å². The van der Waals surface area contributed by atoms with Crippen molar-refractivity contribution >= 4 is 16.7 Å². The van der Waals surface area contributed by atoms with Crippen LogP contribution in [0.2, 0.25) is 0 Å². The number of nitrogen functional groups attached to an aromatic ring is 1. The number of hydrogen-bond acceptors (Lipinski definition) is 3. The van der Waals surface area contributed by atoms with Crippen LogP contribution in [-0.4, -0.2) is 15.0 Å². The number of halogens is 2. The van der Waals surface area contributed by atoms with Gasteiger partial charge < -0.3 is 10.7 Å². The standard InChI is InChI=1S/C12H8F2N4/c13-7-3-6(15)4-8(14)11(7)12-17-9-1-2-16-5-10(9)18-12/h1-5H,15H2,(H,17,18). The zero-order chi connectivity index (χ0) is 12.7. The van der Waals surface area contributed by atoms with Crippen molar-refractivity contribution in [3.05, 3.63) is 42.2 Å². The molecule has 0 spiro atoms. The molecule has 4 nitrogen and oxygen atoms in total. The van der Waals surface area contributed by atoms with Crippen LogP contribution in [0.4, 0.5) is 14.5 Å². The van der Waals surface area contributed by atoms with E-state index in [0.29, 0.717) is 11.0 Å². The average Bonchev–Trinajstić information content (AvgIpc) is 2.70. The lowest BCUT2D eigenvalue weighted by atomic mass is 10.1. The molecule has 0 saturated heterocycles. The van der Waals surface area contributed by atoms with Crippen LogP contribution in [-0.2, 0) is 0 Å². The predicted octanol–water partition coefficient (Wildman–Crippen LogP) is 2.49. The van der Waals surface area contributed by atoms with Crippen molar-refractivity contribution in [3.8, 4) is 11.4 Å². The first kappa shape index (κ1) is 10.6. The van der Waals surface area contributed by atoms with Gasteiger partial charge in [0.25, 0.3) is 0 Å². The largest absolute Gasteiger partial charge is 0.399 e. The van der Waals surface area contributed by atoms with Gasteiger partial charge in [0.1, 0.15) is 17.5 Å². The normalized spacial score (nSPS) is 11.0. The van der Waals surface area contributed by atoms with Crippen LogP contribution in [0.25, 0.3) is 22.4 Å². The fraction of sp³-hybridized carbons (Fsp3) is 0. The van der Waals surface area contributed by atoms with Gasteiger partial charge in [-0.05, 0) is 18.2 Å². The maximum Gasteiger partial charge on any atom is 0.144 e. The Kier molecular flexibility index (Phi) is 2.22. The Morgan fingerprint density at radius 2 is 1.89 bits per heavy atom. The summed E-state index contributed by atoms with van der Waals surface area (Å²) in [5.74, 6) is -1.38. The number of nitrogens with zero attached hydrogens (tertiary/aromatic N) is 2. The maximum absolute atomic E-state index is 13.7. The molecule has 0 bridgehead atoms. The Morgan fingerprint density at radius 1 is 1.17 bits per heavy atom. The predicted molar refractivity (Wildman–Crippen MR) is 63.7 cm³/mol. The molecule has 1 aromatic carbocycles. The number of anilines is 1. The minimum atomic E-state index is -0.750. The molecular weight excluding hydrogens is 238 g/mol. The third kappa shape index (κ3) is 1.58. The summed E-state index contributed by atoms with van der Waals surface area (Å²) in [6.45, 7) is 0. The third-order valence-corrected chi connectivity index (χ3v) is 2.58. The monoisotopic (exact) mass is 246 g/mol. The first-order valence-corrected chi connectivity index (χ1v) is 5.20. The van der Waals surface area contributed by atoms with E-state index < -0.39 is 11.6 Å². The summed E-state index contributed by atoms with van der Waals surface area (Å²) < 4.78 is 27.5. The van der Waals surface area contributed by atoms with Gasteiger partial charge >= 0.3 is 0 Å². The maximum atomic E-state index is 13.7. The van der Waals surface area contributed by atoms with Crippen LogP contribution in [0.1, 0.15) is 0 Å². The number of nitrogens with two attached hydrogens (primary N) is 1. The van der Waals surface area contributed by atoms with Gasteiger partial charge in [-0.25, -0.2) is 13.8 Å². The summed E-state index contributed by atoms with van der Waals surface area (Å²) in [5.41, 5.74) is 6.38. The number of hydrogen-bond donors (Lipinski definition) is 2. The molecule has 0 saturated carbocycles. The van der Waals surface area contributed by atoms with Gasteiger partial charge in [0.05, 0.1) is 22.8 Å². The van der Waals surface area contributed by atoms with E-state index >= 15 is 0 Å². The third-order valence-electron chi connectivity index (χ3n) is 2.58. The van der Waals surface area contributed by atoms with Crippen LogP contribution in [0.3, 0.4) is 0 Å². The van der Waals surface area contributed by atoms with Gasteiger partial charge in [0, 0.05) is 11.9 Å². The Morgan fingerprint density at radius 3 is 2.56 bits per heavy atom. The van der Waals surface area contributed by atoms with E-state index in [-0.39, 0.29) is 17.1 Å². The average molecular weight is 246 g/mol. The molecule has 2 heterocycles. The van der Waals surface area contributed by atoms with Gasteiger partial charge in [-0.3, -0.25) is 4.98 Å². The quantitative estimate of drug-likeness (QED) is 0.648. The Balaban J connectivity index is 2.26. The topological polar surface area (TPSA) is 67.6 Å². The van der Waals surface area contributed by atoms with E-state index in [2.05, 4.69) is 15.0 Å². The number of aromatic amines is 1. The van der Waals surface area contributed by atoms with E-state index in [9.17, 15) is 8.78 Å². The summed E-state index contributed by atoms with van der Waals surface area (Å²) >= 11 is 0. The van der Waals surface area contributed by atoms with Gasteiger partial charge in [-0.2, -0.15) is 0 Å². The smallest absolute Gasteiger partial charge is 0.144 e. The van der Waals surface area contributed by atoms with Crippen molar-refractivity contribution in [2.75, 3.05) is 5.73 Å². The SMILES string of the molecule is Nc1cc(F)c(-c2nc3ccncc3[nH]2)c(F)c1. The molecular formula is C12H8F2N4. The van der Waals surface area contributed by atoms with Gasteiger partial charge in [-0.15, -0.1) is 0 Å². The van der Waals surface area contributed by atoms with Gasteiger partial charge in [-0.1, -0.05) is 0 Å². The highest BCUT2D eigenvalue weighted by Crippen LogP contribution is 2.27. The molecule has 3 aromatic rings. The first-order chi connectivity index (χ1) is 8.65. The number of imidazole rings is 1. The molecule has 0 amide bonds. The fourth-order valence-electron chi connectivity index (χ4n) is 1.79. The number of nitrogens with one attached hydrogen (secondary N) is 1. The molecule has 90 valence electrons. The highest BCUT2D eigenvalue weighted by Gasteiger charge is 2.16. The molecule has 6 heteroatoms. The van der Waals surface area contributed by atoms with E-state index in [1.807, 2.05) is 0 Å². The summed E-state index contributed by atoms with van der Waals surface area (Å²) in [6.07, 6.45) is 3.10. The zero-order valence-corrected chi connectivity index (χ0v) is 9.11. The second-order valence-corrected chi connectivity index (χ2v) is 3.84. The Hall–Kier alpha value is -2.50. The number of fused-ring (bicyclic) bond motifs is 1. The van der Waals surface area contributed by atoms with E-state index in [4.69, 9.17) is 5.73 Å². The lowest BCUT2D eigenvalue weighted by Gasteiger charge is -2.02. The van der Waals surface area contributed by atoms with Crippen LogP contribution in [0.15, 0.2) is 30.6 Å². The highest BCUT2D eigenvalue weighted by molar-refractivity contribution is 5.78. The van der Waals surface area contributed by atoms with Crippen molar-refractivity contribution in [2.24, 2.45) is 0 Å². The van der Waals surface area contributed by atoms with Crippen molar-refractivity contribution < 1.29 is 8.78 Å². The second kappa shape index (κ2) is 3.76. The molecule has 3 N–H and O–H groups in total. The first-order valence-electron chi connectivity index (χ1n) is 5.20. The van der Waals surface area contributed by atoms with Gasteiger partial charge in [0.2, 0.25) is 0 Å². The van der Waals surface area contributed by atoms with E-state index in [1.165, 1.54) is 0 Å². The molecule has 18 heavy (non-hydrogen) atoms. The molecule has 0 aliphatic carbocycles. The molecule has 0 aliphatic rings. The summed E-state index contributed by atoms with van der Waals surface area (Å²) in [5, 5.41) is 0. The Bertz CT molecular complexity index is 680. The van der Waals surface area contributed by atoms with Crippen LogP contribution in [0, 0.1) is 11.6 Å². The molecule has 0 aliphatic heterocycles. The molecule has 0 unspecified atom stereocenters. The number of rotatable bonds is 1. The summed E-state index contributed by atoms with van der Waals surface area (Å²) in [4.78, 5) is 10.8. The van der Waals surface area contributed by atoms with Crippen LogP contribution < -0.4 is 5.73 Å². The number of pyridine rings is 1. The van der Waals surface area contributed by atoms with Crippen molar-refractivity contribution in [3.63, 3.8) is 0 Å². The zero-order valence-electron chi connectivity index (χ0n) is 9.11. The molecule has 0 radical (unpaired) electrons. The van der Waals surface area contributed by atoms with Crippen molar-refractivity contribution in [2.45, 2.75) is 0 Å². The van der Waals surface area contributed by atoms with Crippen molar-refractivity contribution in [1.82, 2.24) is 15.0 Å². The minimum absolute atomic E-state index is 0.0338. The summed E-state index contributed by atoms with van der Waals surface area (Å²) in [7, 11) is 0. The van der Waals surface area contributed by atoms with E-state index in [0.717, 1.165) is 12.1 Å². The highest BCUT2D eigenvalue weighted by atomic mass is 19.1. The van der Waals surface area contributed by atoms with E-state index in [1.54, 1.807) is 18.5 Å². The van der Waals surface area contributed by atoms with Crippen LogP contribution >= 0.6 is 0 Å². The van der Waals surface area contributed by atoms with Crippen molar-refractivity contribution in [1.29, 1.82) is 0 Å². The minimum Gasteiger partial charge on any atom is -0.399 e. The lowest BCUT2D eigenvalue weighted by Crippen LogP contribution is -1.95. The molecule has 2 aromatic heterocycles. The second-order valence-electron chi connectivity index (χ2n) is 3.84. The number of H-pyrrole nitrogens is 1. The molecule has 0 atom stereocenters. The fourth-order valence-corrected chi connectivity index (χ4v) is 1.79. The van der Waals surface area contributed by atoms with Crippen LogP contribution in [0.5, 0.6) is 0 Å².